The van der Waals surface area contributed by atoms with Crippen LogP contribution in [0.4, 0.5) is 18.0 Å². The first-order valence-electron chi connectivity index (χ1n) is 12.1. The maximum Gasteiger partial charge on any atom is 0.573 e. The Morgan fingerprint density at radius 3 is 2.23 bits per heavy atom. The number of carbonyl (C=O) groups is 2. The number of piperidine rings is 1. The van der Waals surface area contributed by atoms with Crippen LogP contribution in [0, 0.1) is 0 Å². The average Bonchev–Trinajstić information content (AvgIpc) is 2.72. The van der Waals surface area contributed by atoms with E-state index in [0.717, 1.165) is 19.3 Å². The van der Waals surface area contributed by atoms with Gasteiger partial charge < -0.3 is 24.7 Å². The van der Waals surface area contributed by atoms with Crippen molar-refractivity contribution in [2.24, 2.45) is 0 Å². The lowest BCUT2D eigenvalue weighted by Gasteiger charge is -2.45. The van der Waals surface area contributed by atoms with E-state index in [0.29, 0.717) is 38.8 Å². The largest absolute Gasteiger partial charge is 0.573 e. The lowest BCUT2D eigenvalue weighted by Crippen LogP contribution is -2.56. The molecule has 1 aliphatic heterocycles. The Morgan fingerprint density at radius 2 is 1.71 bits per heavy atom. The van der Waals surface area contributed by atoms with Gasteiger partial charge in [0.1, 0.15) is 5.75 Å². The number of alkyl halides is 3. The molecule has 0 aromatic heterocycles. The van der Waals surface area contributed by atoms with Gasteiger partial charge in [-0.2, -0.15) is 0 Å². The fourth-order valence-electron chi connectivity index (χ4n) is 5.54. The van der Waals surface area contributed by atoms with Crippen LogP contribution in [-0.4, -0.2) is 68.6 Å². The summed E-state index contributed by atoms with van der Waals surface area (Å²) in [5.74, 6) is -1.82. The van der Waals surface area contributed by atoms with Gasteiger partial charge in [0.2, 0.25) is 5.91 Å². The molecular weight excluding hydrogens is 465 g/mol. The lowest BCUT2D eigenvalue weighted by molar-refractivity contribution is -0.274. The van der Waals surface area contributed by atoms with Gasteiger partial charge in [0.25, 0.3) is 0 Å². The van der Waals surface area contributed by atoms with Crippen LogP contribution >= 0.6 is 0 Å². The molecular formula is C25H35F3N2O5. The van der Waals surface area contributed by atoms with E-state index in [9.17, 15) is 33.0 Å². The average molecular weight is 501 g/mol. The molecule has 35 heavy (non-hydrogen) atoms. The van der Waals surface area contributed by atoms with Crippen LogP contribution in [0.3, 0.4) is 0 Å². The Morgan fingerprint density at radius 1 is 1.11 bits per heavy atom. The van der Waals surface area contributed by atoms with E-state index >= 15 is 0 Å². The number of hydrogen-bond acceptors (Lipinski definition) is 4. The fraction of sp³-hybridized carbons (Fsp3) is 0.680. The summed E-state index contributed by atoms with van der Waals surface area (Å²) in [7, 11) is 0. The van der Waals surface area contributed by atoms with Gasteiger partial charge in [-0.3, -0.25) is 4.79 Å². The molecule has 3 rings (SSSR count). The van der Waals surface area contributed by atoms with Gasteiger partial charge in [-0.05, 0) is 64.2 Å². The quantitative estimate of drug-likeness (QED) is 0.585. The van der Waals surface area contributed by atoms with Crippen LogP contribution in [0.5, 0.6) is 5.75 Å². The van der Waals surface area contributed by atoms with Crippen LogP contribution in [-0.2, 0) is 4.79 Å². The van der Waals surface area contributed by atoms with E-state index < -0.39 is 35.3 Å². The number of nitrogens with zero attached hydrogens (tertiary/aromatic N) is 2. The molecule has 2 amide bonds. The molecule has 10 heteroatoms. The molecule has 2 N–H and O–H groups in total. The zero-order valence-electron chi connectivity index (χ0n) is 20.5. The van der Waals surface area contributed by atoms with E-state index in [1.54, 1.807) is 11.0 Å². The van der Waals surface area contributed by atoms with Crippen molar-refractivity contribution in [1.82, 2.24) is 9.80 Å². The second-order valence-electron chi connectivity index (χ2n) is 10.6. The van der Waals surface area contributed by atoms with E-state index in [2.05, 4.69) is 4.74 Å². The van der Waals surface area contributed by atoms with Crippen molar-refractivity contribution in [2.45, 2.75) is 95.2 Å². The molecule has 2 fully saturated rings. The predicted octanol–water partition coefficient (Wildman–Crippen LogP) is 5.13. The smallest absolute Gasteiger partial charge is 0.465 e. The maximum atomic E-state index is 13.8. The summed E-state index contributed by atoms with van der Waals surface area (Å²) >= 11 is 0. The Labute approximate surface area is 203 Å². The Hall–Kier alpha value is -2.49. The second-order valence-corrected chi connectivity index (χ2v) is 10.6. The number of carboxylic acid groups (broad SMARTS) is 1. The zero-order chi connectivity index (χ0) is 26.0. The van der Waals surface area contributed by atoms with Crippen LogP contribution in [0.25, 0.3) is 0 Å². The van der Waals surface area contributed by atoms with Gasteiger partial charge in [0.05, 0.1) is 11.5 Å². The van der Waals surface area contributed by atoms with Crippen molar-refractivity contribution in [2.75, 3.05) is 13.1 Å². The van der Waals surface area contributed by atoms with Crippen molar-refractivity contribution < 1.29 is 37.7 Å². The summed E-state index contributed by atoms with van der Waals surface area (Å²) in [4.78, 5) is 28.7. The van der Waals surface area contributed by atoms with Crippen molar-refractivity contribution in [3.8, 4) is 5.75 Å². The zero-order valence-corrected chi connectivity index (χ0v) is 20.5. The van der Waals surface area contributed by atoms with Gasteiger partial charge in [0, 0.05) is 24.7 Å². The molecule has 0 bridgehead atoms. The highest BCUT2D eigenvalue weighted by molar-refractivity contribution is 5.85. The number of hydrogen-bond donors (Lipinski definition) is 2. The minimum absolute atomic E-state index is 0.253. The molecule has 1 atom stereocenters. The number of rotatable bonds is 5. The molecule has 0 spiro atoms. The molecule has 1 aromatic rings. The standard InChI is InChI=1S/C25H35F3N2O5/c1-23(2,3)30(22(32)33)18-10-14-29(15-11-18)21(31)20(24(34)12-5-4-6-13-24)17-8-7-9-19(16-17)35-25(26,27)28/h7-9,16,18,20,34H,4-6,10-15H2,1-3H3,(H,32,33)/t20-/m0/s1. The lowest BCUT2D eigenvalue weighted by atomic mass is 9.72. The van der Waals surface area contributed by atoms with Gasteiger partial charge >= 0.3 is 12.5 Å². The number of ether oxygens (including phenoxy) is 1. The first-order valence-corrected chi connectivity index (χ1v) is 12.1. The number of halogens is 3. The van der Waals surface area contributed by atoms with Crippen molar-refractivity contribution >= 4 is 12.0 Å². The number of benzene rings is 1. The molecule has 2 aliphatic rings. The molecule has 0 radical (unpaired) electrons. The van der Waals surface area contributed by atoms with Gasteiger partial charge in [-0.1, -0.05) is 31.4 Å². The van der Waals surface area contributed by atoms with E-state index in [1.165, 1.54) is 23.1 Å². The summed E-state index contributed by atoms with van der Waals surface area (Å²) in [5, 5.41) is 21.2. The second kappa shape index (κ2) is 10.2. The van der Waals surface area contributed by atoms with Crippen LogP contribution in [0.1, 0.15) is 77.2 Å². The Balaban J connectivity index is 1.85. The summed E-state index contributed by atoms with van der Waals surface area (Å²) < 4.78 is 42.5. The van der Waals surface area contributed by atoms with Gasteiger partial charge in [-0.15, -0.1) is 13.2 Å². The number of aliphatic hydroxyl groups is 1. The first-order chi connectivity index (χ1) is 16.2. The monoisotopic (exact) mass is 500 g/mol. The summed E-state index contributed by atoms with van der Waals surface area (Å²) in [6, 6.07) is 5.04. The number of amides is 2. The van der Waals surface area contributed by atoms with E-state index in [-0.39, 0.29) is 17.5 Å². The normalized spacial score (nSPS) is 20.3. The first kappa shape index (κ1) is 27.1. The molecule has 1 heterocycles. The topological polar surface area (TPSA) is 90.3 Å². The van der Waals surface area contributed by atoms with Crippen LogP contribution in [0.15, 0.2) is 24.3 Å². The summed E-state index contributed by atoms with van der Waals surface area (Å²) in [6.45, 7) is 6.07. The fourth-order valence-corrected chi connectivity index (χ4v) is 5.54. The minimum atomic E-state index is -4.87. The van der Waals surface area contributed by atoms with Crippen LogP contribution < -0.4 is 4.74 Å². The van der Waals surface area contributed by atoms with Gasteiger partial charge in [0.15, 0.2) is 0 Å². The highest BCUT2D eigenvalue weighted by Gasteiger charge is 2.46. The highest BCUT2D eigenvalue weighted by atomic mass is 19.4. The SMILES string of the molecule is CC(C)(C)N(C(=O)O)C1CCN(C(=O)[C@H](c2cccc(OC(F)(F)F)c2)C2(O)CCCCC2)CC1. The third-order valence-electron chi connectivity index (χ3n) is 7.00. The van der Waals surface area contributed by atoms with Crippen LogP contribution in [0.2, 0.25) is 0 Å². The molecule has 1 saturated heterocycles. The third-order valence-corrected chi connectivity index (χ3v) is 7.00. The minimum Gasteiger partial charge on any atom is -0.465 e. The third kappa shape index (κ3) is 6.59. The molecule has 196 valence electrons. The van der Waals surface area contributed by atoms with E-state index in [4.69, 9.17) is 0 Å². The summed E-state index contributed by atoms with van der Waals surface area (Å²) in [6.07, 6.45) is -1.88. The number of carbonyl (C=O) groups excluding carboxylic acids is 1. The van der Waals surface area contributed by atoms with Gasteiger partial charge in [-0.25, -0.2) is 4.79 Å². The molecule has 7 nitrogen and oxygen atoms in total. The van der Waals surface area contributed by atoms with E-state index in [1.807, 2.05) is 20.8 Å². The van der Waals surface area contributed by atoms with Crippen molar-refractivity contribution in [3.05, 3.63) is 29.8 Å². The maximum absolute atomic E-state index is 13.8. The Bertz CT molecular complexity index is 901. The van der Waals surface area contributed by atoms with Crippen molar-refractivity contribution in [3.63, 3.8) is 0 Å². The highest BCUT2D eigenvalue weighted by Crippen LogP contribution is 2.42. The predicted molar refractivity (Wildman–Crippen MR) is 123 cm³/mol. The van der Waals surface area contributed by atoms with Crippen molar-refractivity contribution in [1.29, 1.82) is 0 Å². The molecule has 1 aliphatic carbocycles. The molecule has 0 unspecified atom stereocenters. The number of likely N-dealkylation sites (tertiary alicyclic amines) is 1. The molecule has 1 saturated carbocycles. The summed E-state index contributed by atoms with van der Waals surface area (Å²) in [5.41, 5.74) is -1.69. The molecule has 1 aromatic carbocycles. The Kier molecular flexibility index (Phi) is 7.93.